The average Bonchev–Trinajstić information content (AvgIpc) is 2.92. The minimum Gasteiger partial charge on any atom is -0.339 e. The minimum absolute atomic E-state index is 0.0705. The molecule has 0 bridgehead atoms. The van der Waals surface area contributed by atoms with Gasteiger partial charge < -0.3 is 15.5 Å². The molecule has 0 aliphatic heterocycles. The Balaban J connectivity index is 2.12. The van der Waals surface area contributed by atoms with Crippen molar-refractivity contribution in [2.24, 2.45) is 7.05 Å². The summed E-state index contributed by atoms with van der Waals surface area (Å²) in [5.41, 5.74) is 2.59. The highest BCUT2D eigenvalue weighted by molar-refractivity contribution is 6.01. The lowest BCUT2D eigenvalue weighted by molar-refractivity contribution is 0.0754. The van der Waals surface area contributed by atoms with Gasteiger partial charge in [0.15, 0.2) is 0 Å². The lowest BCUT2D eigenvalue weighted by atomic mass is 10.1. The number of carbonyl (C=O) groups is 2. The summed E-state index contributed by atoms with van der Waals surface area (Å²) in [4.78, 5) is 26.2. The first kappa shape index (κ1) is 17.5. The number of nitrogens with one attached hydrogen (secondary N) is 2. The number of amides is 3. The first-order valence-corrected chi connectivity index (χ1v) is 7.72. The van der Waals surface area contributed by atoms with Crippen molar-refractivity contribution in [2.75, 3.05) is 17.7 Å². The molecule has 0 spiro atoms. The Morgan fingerprint density at radius 3 is 2.46 bits per heavy atom. The molecule has 24 heavy (non-hydrogen) atoms. The third-order valence-corrected chi connectivity index (χ3v) is 3.78. The van der Waals surface area contributed by atoms with E-state index in [1.807, 2.05) is 26.8 Å². The zero-order valence-corrected chi connectivity index (χ0v) is 14.6. The molecule has 0 saturated heterocycles. The highest BCUT2D eigenvalue weighted by Crippen LogP contribution is 2.18. The predicted molar refractivity (Wildman–Crippen MR) is 94.3 cm³/mol. The van der Waals surface area contributed by atoms with Gasteiger partial charge in [-0.25, -0.2) is 4.79 Å². The fourth-order valence-electron chi connectivity index (χ4n) is 2.13. The smallest absolute Gasteiger partial charge is 0.323 e. The van der Waals surface area contributed by atoms with Crippen molar-refractivity contribution >= 4 is 23.3 Å². The highest BCUT2D eigenvalue weighted by atomic mass is 16.2. The van der Waals surface area contributed by atoms with Crippen LogP contribution in [0.1, 0.15) is 29.8 Å². The highest BCUT2D eigenvalue weighted by Gasteiger charge is 2.17. The Kier molecular flexibility index (Phi) is 5.23. The lowest BCUT2D eigenvalue weighted by Crippen LogP contribution is -2.33. The number of anilines is 2. The van der Waals surface area contributed by atoms with Crippen LogP contribution in [0.4, 0.5) is 16.2 Å². The number of benzene rings is 1. The largest absolute Gasteiger partial charge is 0.339 e. The van der Waals surface area contributed by atoms with Crippen LogP contribution in [0, 0.1) is 6.92 Å². The summed E-state index contributed by atoms with van der Waals surface area (Å²) < 4.78 is 1.60. The maximum Gasteiger partial charge on any atom is 0.323 e. The molecule has 0 aliphatic carbocycles. The molecule has 2 N–H and O–H groups in total. The van der Waals surface area contributed by atoms with E-state index in [9.17, 15) is 9.59 Å². The molecule has 1 aromatic heterocycles. The second-order valence-electron chi connectivity index (χ2n) is 6.02. The Labute approximate surface area is 141 Å². The number of nitrogens with zero attached hydrogens (tertiary/aromatic N) is 3. The van der Waals surface area contributed by atoms with Crippen molar-refractivity contribution in [1.82, 2.24) is 14.7 Å². The van der Waals surface area contributed by atoms with E-state index in [0.717, 1.165) is 5.56 Å². The van der Waals surface area contributed by atoms with Crippen molar-refractivity contribution in [3.05, 3.63) is 41.7 Å². The van der Waals surface area contributed by atoms with Gasteiger partial charge in [-0.1, -0.05) is 6.07 Å². The summed E-state index contributed by atoms with van der Waals surface area (Å²) in [6, 6.07) is 5.00. The molecule has 128 valence electrons. The summed E-state index contributed by atoms with van der Waals surface area (Å²) in [5, 5.41) is 9.40. The SMILES string of the molecule is Cc1ccc(NC(=O)Nc2cnn(C)c2)cc1C(=O)N(C)C(C)C. The number of rotatable bonds is 4. The lowest BCUT2D eigenvalue weighted by Gasteiger charge is -2.22. The average molecular weight is 329 g/mol. The molecule has 7 nitrogen and oxygen atoms in total. The van der Waals surface area contributed by atoms with Gasteiger partial charge in [0.2, 0.25) is 0 Å². The molecule has 1 heterocycles. The van der Waals surface area contributed by atoms with Crippen LogP contribution in [0.25, 0.3) is 0 Å². The molecular weight excluding hydrogens is 306 g/mol. The normalized spacial score (nSPS) is 10.6. The second-order valence-corrected chi connectivity index (χ2v) is 6.02. The Bertz CT molecular complexity index is 751. The van der Waals surface area contributed by atoms with Crippen molar-refractivity contribution in [1.29, 1.82) is 0 Å². The molecular formula is C17H23N5O2. The van der Waals surface area contributed by atoms with Crippen LogP contribution in [-0.2, 0) is 7.05 Å². The Morgan fingerprint density at radius 2 is 1.88 bits per heavy atom. The Morgan fingerprint density at radius 1 is 1.21 bits per heavy atom. The van der Waals surface area contributed by atoms with Gasteiger partial charge in [-0.2, -0.15) is 5.10 Å². The van der Waals surface area contributed by atoms with Crippen molar-refractivity contribution in [3.63, 3.8) is 0 Å². The van der Waals surface area contributed by atoms with E-state index >= 15 is 0 Å². The number of aryl methyl sites for hydroxylation is 2. The number of hydrogen-bond donors (Lipinski definition) is 2. The Hall–Kier alpha value is -2.83. The maximum atomic E-state index is 12.5. The van der Waals surface area contributed by atoms with E-state index in [4.69, 9.17) is 0 Å². The number of aromatic nitrogens is 2. The molecule has 1 aromatic carbocycles. The quantitative estimate of drug-likeness (QED) is 0.905. The fourth-order valence-corrected chi connectivity index (χ4v) is 2.13. The third-order valence-electron chi connectivity index (χ3n) is 3.78. The van der Waals surface area contributed by atoms with Gasteiger partial charge in [-0.3, -0.25) is 9.48 Å². The fraction of sp³-hybridized carbons (Fsp3) is 0.353. The molecule has 3 amide bonds. The summed E-state index contributed by atoms with van der Waals surface area (Å²) in [6.07, 6.45) is 3.25. The van der Waals surface area contributed by atoms with E-state index in [1.165, 1.54) is 0 Å². The molecule has 0 unspecified atom stereocenters. The first-order valence-electron chi connectivity index (χ1n) is 7.72. The number of urea groups is 1. The summed E-state index contributed by atoms with van der Waals surface area (Å²) in [6.45, 7) is 5.79. The van der Waals surface area contributed by atoms with Gasteiger partial charge >= 0.3 is 6.03 Å². The van der Waals surface area contributed by atoms with Gasteiger partial charge in [0, 0.05) is 37.6 Å². The monoisotopic (exact) mass is 329 g/mol. The first-order chi connectivity index (χ1) is 11.3. The molecule has 2 rings (SSSR count). The van der Waals surface area contributed by atoms with Gasteiger partial charge in [0.25, 0.3) is 5.91 Å². The summed E-state index contributed by atoms with van der Waals surface area (Å²) in [7, 11) is 3.54. The molecule has 7 heteroatoms. The van der Waals surface area contributed by atoms with E-state index in [-0.39, 0.29) is 18.0 Å². The zero-order chi connectivity index (χ0) is 17.9. The van der Waals surface area contributed by atoms with Gasteiger partial charge in [0.1, 0.15) is 0 Å². The van der Waals surface area contributed by atoms with E-state index in [1.54, 1.807) is 48.2 Å². The van der Waals surface area contributed by atoms with Crippen LogP contribution < -0.4 is 10.6 Å². The summed E-state index contributed by atoms with van der Waals surface area (Å²) >= 11 is 0. The van der Waals surface area contributed by atoms with E-state index in [0.29, 0.717) is 16.9 Å². The molecule has 0 radical (unpaired) electrons. The molecule has 0 fully saturated rings. The number of hydrogen-bond acceptors (Lipinski definition) is 3. The van der Waals surface area contributed by atoms with Crippen molar-refractivity contribution in [2.45, 2.75) is 26.8 Å². The van der Waals surface area contributed by atoms with Crippen molar-refractivity contribution in [3.8, 4) is 0 Å². The van der Waals surface area contributed by atoms with Crippen LogP contribution in [-0.4, -0.2) is 39.7 Å². The van der Waals surface area contributed by atoms with Crippen LogP contribution in [0.5, 0.6) is 0 Å². The van der Waals surface area contributed by atoms with Crippen LogP contribution in [0.15, 0.2) is 30.6 Å². The molecule has 2 aromatic rings. The van der Waals surface area contributed by atoms with Crippen LogP contribution in [0.3, 0.4) is 0 Å². The van der Waals surface area contributed by atoms with Gasteiger partial charge in [-0.15, -0.1) is 0 Å². The van der Waals surface area contributed by atoms with Crippen LogP contribution >= 0.6 is 0 Å². The number of carbonyl (C=O) groups excluding carboxylic acids is 2. The van der Waals surface area contributed by atoms with Gasteiger partial charge in [0.05, 0.1) is 11.9 Å². The van der Waals surface area contributed by atoms with Crippen molar-refractivity contribution < 1.29 is 9.59 Å². The molecule has 0 aliphatic rings. The molecule has 0 atom stereocenters. The standard InChI is InChI=1S/C17H23N5O2/c1-11(2)22(5)16(23)15-8-13(7-6-12(15)3)19-17(24)20-14-9-18-21(4)10-14/h6-11H,1-5H3,(H2,19,20,24). The zero-order valence-electron chi connectivity index (χ0n) is 14.6. The third kappa shape index (κ3) is 4.13. The van der Waals surface area contributed by atoms with E-state index in [2.05, 4.69) is 15.7 Å². The predicted octanol–water partition coefficient (Wildman–Crippen LogP) is 2.85. The minimum atomic E-state index is -0.387. The maximum absolute atomic E-state index is 12.5. The topological polar surface area (TPSA) is 79.3 Å². The molecule has 0 saturated carbocycles. The van der Waals surface area contributed by atoms with E-state index < -0.39 is 0 Å². The second kappa shape index (κ2) is 7.16. The summed E-state index contributed by atoms with van der Waals surface area (Å²) in [5.74, 6) is -0.0705. The van der Waals surface area contributed by atoms with Gasteiger partial charge in [-0.05, 0) is 38.5 Å². The van der Waals surface area contributed by atoms with Crippen LogP contribution in [0.2, 0.25) is 0 Å².